The zero-order valence-electron chi connectivity index (χ0n) is 10.6. The van der Waals surface area contributed by atoms with Crippen molar-refractivity contribution < 1.29 is 4.39 Å². The van der Waals surface area contributed by atoms with Crippen molar-refractivity contribution in [3.8, 4) is 0 Å². The lowest BCUT2D eigenvalue weighted by molar-refractivity contribution is 0.636. The summed E-state index contributed by atoms with van der Waals surface area (Å²) in [6.07, 6.45) is 0. The zero-order valence-corrected chi connectivity index (χ0v) is 11.4. The van der Waals surface area contributed by atoms with Crippen molar-refractivity contribution in [2.75, 3.05) is 0 Å². The van der Waals surface area contributed by atoms with Crippen LogP contribution in [0.4, 0.5) is 4.39 Å². The zero-order chi connectivity index (χ0) is 14.1. The van der Waals surface area contributed by atoms with Gasteiger partial charge in [-0.3, -0.25) is 9.89 Å². The van der Waals surface area contributed by atoms with E-state index in [-0.39, 0.29) is 10.9 Å². The van der Waals surface area contributed by atoms with E-state index in [1.165, 1.54) is 30.0 Å². The van der Waals surface area contributed by atoms with Crippen LogP contribution >= 0.6 is 11.8 Å². The number of nitrogens with zero attached hydrogens (tertiary/aromatic N) is 2. The van der Waals surface area contributed by atoms with Gasteiger partial charge in [0.2, 0.25) is 5.16 Å². The molecule has 0 unspecified atom stereocenters. The number of aromatic nitrogens is 4. The van der Waals surface area contributed by atoms with Gasteiger partial charge >= 0.3 is 0 Å². The fourth-order valence-electron chi connectivity index (χ4n) is 1.90. The number of H-pyrrole nitrogens is 2. The molecule has 0 spiro atoms. The predicted octanol–water partition coefficient (Wildman–Crippen LogP) is 2.39. The Balaban J connectivity index is 1.92. The molecule has 0 saturated carbocycles. The Morgan fingerprint density at radius 3 is 3.00 bits per heavy atom. The molecule has 1 aromatic carbocycles. The minimum absolute atomic E-state index is 0.194. The van der Waals surface area contributed by atoms with Gasteiger partial charge in [0.05, 0.1) is 5.52 Å². The fourth-order valence-corrected chi connectivity index (χ4v) is 2.65. The van der Waals surface area contributed by atoms with E-state index in [1.54, 1.807) is 6.07 Å². The van der Waals surface area contributed by atoms with Crippen molar-refractivity contribution >= 4 is 22.7 Å². The third-order valence-electron chi connectivity index (χ3n) is 2.80. The van der Waals surface area contributed by atoms with E-state index in [9.17, 15) is 9.18 Å². The summed E-state index contributed by atoms with van der Waals surface area (Å²) >= 11 is 1.37. The molecule has 0 bridgehead atoms. The molecule has 0 radical (unpaired) electrons. The van der Waals surface area contributed by atoms with E-state index < -0.39 is 5.82 Å². The van der Waals surface area contributed by atoms with Gasteiger partial charge in [-0.15, -0.1) is 5.10 Å². The number of thioether (sulfide) groups is 1. The average Bonchev–Trinajstić information content (AvgIpc) is 2.84. The lowest BCUT2D eigenvalue weighted by Crippen LogP contribution is -2.05. The molecule has 7 heteroatoms. The maximum absolute atomic E-state index is 13.7. The van der Waals surface area contributed by atoms with Gasteiger partial charge in [0.25, 0.3) is 0 Å². The molecule has 2 heterocycles. The molecule has 2 aromatic heterocycles. The molecule has 0 aliphatic heterocycles. The van der Waals surface area contributed by atoms with Gasteiger partial charge in [-0.25, -0.2) is 9.37 Å². The average molecular weight is 290 g/mol. The Morgan fingerprint density at radius 1 is 1.40 bits per heavy atom. The third kappa shape index (κ3) is 2.44. The summed E-state index contributed by atoms with van der Waals surface area (Å²) in [5.41, 5.74) is 0.682. The molecular weight excluding hydrogens is 279 g/mol. The first-order valence-electron chi connectivity index (χ1n) is 5.96. The Hall–Kier alpha value is -2.15. The van der Waals surface area contributed by atoms with Gasteiger partial charge in [-0.05, 0) is 19.1 Å². The van der Waals surface area contributed by atoms with E-state index in [0.29, 0.717) is 22.0 Å². The topological polar surface area (TPSA) is 74.4 Å². The highest BCUT2D eigenvalue weighted by molar-refractivity contribution is 7.98. The summed E-state index contributed by atoms with van der Waals surface area (Å²) in [6, 6.07) is 5.94. The number of nitrogens with one attached hydrogen (secondary N) is 2. The number of fused-ring (bicyclic) bond motifs is 1. The SMILES string of the molecule is Cc1nc(SCc2cc(=O)c3cccc(F)c3[nH]2)n[nH]1. The van der Waals surface area contributed by atoms with Crippen LogP contribution in [0.5, 0.6) is 0 Å². The fraction of sp³-hybridized carbons (Fsp3) is 0.154. The number of aryl methyl sites for hydroxylation is 1. The van der Waals surface area contributed by atoms with Crippen LogP contribution in [-0.2, 0) is 5.75 Å². The second-order valence-corrected chi connectivity index (χ2v) is 5.26. The van der Waals surface area contributed by atoms with Gasteiger partial charge in [-0.1, -0.05) is 17.8 Å². The van der Waals surface area contributed by atoms with Crippen molar-refractivity contribution in [1.29, 1.82) is 0 Å². The molecular formula is C13H11FN4OS. The maximum Gasteiger partial charge on any atom is 0.208 e. The molecule has 0 aliphatic carbocycles. The Morgan fingerprint density at radius 2 is 2.25 bits per heavy atom. The van der Waals surface area contributed by atoms with Gasteiger partial charge in [0, 0.05) is 22.9 Å². The third-order valence-corrected chi connectivity index (χ3v) is 3.70. The van der Waals surface area contributed by atoms with Crippen LogP contribution in [0.1, 0.15) is 11.5 Å². The number of aromatic amines is 2. The van der Waals surface area contributed by atoms with Crippen LogP contribution in [0.3, 0.4) is 0 Å². The minimum atomic E-state index is -0.430. The first-order valence-corrected chi connectivity index (χ1v) is 6.94. The summed E-state index contributed by atoms with van der Waals surface area (Å²) in [4.78, 5) is 19.0. The highest BCUT2D eigenvalue weighted by Gasteiger charge is 2.07. The van der Waals surface area contributed by atoms with Gasteiger partial charge in [0.1, 0.15) is 11.6 Å². The first-order chi connectivity index (χ1) is 9.63. The lowest BCUT2D eigenvalue weighted by atomic mass is 10.2. The van der Waals surface area contributed by atoms with Crippen LogP contribution in [0, 0.1) is 12.7 Å². The first kappa shape index (κ1) is 12.9. The molecule has 2 N–H and O–H groups in total. The highest BCUT2D eigenvalue weighted by Crippen LogP contribution is 2.19. The van der Waals surface area contributed by atoms with E-state index in [4.69, 9.17) is 0 Å². The van der Waals surface area contributed by atoms with Crippen LogP contribution in [0.2, 0.25) is 0 Å². The molecule has 102 valence electrons. The van der Waals surface area contributed by atoms with E-state index in [0.717, 1.165) is 5.82 Å². The summed E-state index contributed by atoms with van der Waals surface area (Å²) < 4.78 is 13.7. The number of benzene rings is 1. The van der Waals surface area contributed by atoms with Crippen molar-refractivity contribution in [1.82, 2.24) is 20.2 Å². The molecule has 3 aromatic rings. The smallest absolute Gasteiger partial charge is 0.208 e. The molecule has 0 saturated heterocycles. The van der Waals surface area contributed by atoms with Crippen LogP contribution in [0.25, 0.3) is 10.9 Å². The lowest BCUT2D eigenvalue weighted by Gasteiger charge is -2.03. The second-order valence-electron chi connectivity index (χ2n) is 4.31. The largest absolute Gasteiger partial charge is 0.355 e. The number of pyridine rings is 1. The Labute approximate surface area is 117 Å². The Kier molecular flexibility index (Phi) is 3.27. The number of hydrogen-bond acceptors (Lipinski definition) is 4. The van der Waals surface area contributed by atoms with Crippen LogP contribution in [-0.4, -0.2) is 20.2 Å². The molecule has 0 atom stereocenters. The highest BCUT2D eigenvalue weighted by atomic mass is 32.2. The van der Waals surface area contributed by atoms with E-state index in [1.807, 2.05) is 6.92 Å². The van der Waals surface area contributed by atoms with Crippen molar-refractivity contribution in [3.63, 3.8) is 0 Å². The number of para-hydroxylation sites is 1. The van der Waals surface area contributed by atoms with E-state index >= 15 is 0 Å². The standard InChI is InChI=1S/C13H11FN4OS/c1-7-15-13(18-17-7)20-6-8-5-11(19)9-3-2-4-10(14)12(9)16-8/h2-5H,6H2,1H3,(H,16,19)(H,15,17,18). The van der Waals surface area contributed by atoms with Crippen molar-refractivity contribution in [2.45, 2.75) is 17.8 Å². The minimum Gasteiger partial charge on any atom is -0.355 e. The summed E-state index contributed by atoms with van der Waals surface area (Å²) in [6.45, 7) is 1.81. The van der Waals surface area contributed by atoms with Crippen molar-refractivity contribution in [3.05, 3.63) is 51.8 Å². The van der Waals surface area contributed by atoms with Crippen LogP contribution in [0.15, 0.2) is 34.2 Å². The summed E-state index contributed by atoms with van der Waals surface area (Å²) in [5, 5.41) is 7.68. The quantitative estimate of drug-likeness (QED) is 0.726. The number of hydrogen-bond donors (Lipinski definition) is 2. The number of rotatable bonds is 3. The molecule has 0 fully saturated rings. The number of halogens is 1. The predicted molar refractivity (Wildman–Crippen MR) is 75.2 cm³/mol. The van der Waals surface area contributed by atoms with Crippen LogP contribution < -0.4 is 5.43 Å². The van der Waals surface area contributed by atoms with Gasteiger partial charge in [-0.2, -0.15) is 0 Å². The summed E-state index contributed by atoms with van der Waals surface area (Å²) in [7, 11) is 0. The molecule has 5 nitrogen and oxygen atoms in total. The maximum atomic E-state index is 13.7. The van der Waals surface area contributed by atoms with E-state index in [2.05, 4.69) is 20.2 Å². The Bertz CT molecular complexity index is 827. The summed E-state index contributed by atoms with van der Waals surface area (Å²) in [5.74, 6) is 0.766. The second kappa shape index (κ2) is 5.09. The monoisotopic (exact) mass is 290 g/mol. The molecule has 20 heavy (non-hydrogen) atoms. The van der Waals surface area contributed by atoms with Crippen molar-refractivity contribution in [2.24, 2.45) is 0 Å². The van der Waals surface area contributed by atoms with Gasteiger partial charge < -0.3 is 4.98 Å². The molecule has 3 rings (SSSR count). The van der Waals surface area contributed by atoms with Gasteiger partial charge in [0.15, 0.2) is 5.43 Å². The normalized spacial score (nSPS) is 11.1. The molecule has 0 aliphatic rings. The molecule has 0 amide bonds.